The highest BCUT2D eigenvalue weighted by molar-refractivity contribution is 5.81. The van der Waals surface area contributed by atoms with Crippen molar-refractivity contribution in [2.75, 3.05) is 20.2 Å². The molecule has 0 aromatic carbocycles. The lowest BCUT2D eigenvalue weighted by molar-refractivity contribution is -0.126. The van der Waals surface area contributed by atoms with Gasteiger partial charge in [0, 0.05) is 38.2 Å². The van der Waals surface area contributed by atoms with Gasteiger partial charge in [-0.2, -0.15) is 0 Å². The van der Waals surface area contributed by atoms with E-state index in [-0.39, 0.29) is 17.4 Å². The van der Waals surface area contributed by atoms with Crippen LogP contribution < -0.4 is 16.0 Å². The number of rotatable bonds is 8. The molecule has 0 bridgehead atoms. The highest BCUT2D eigenvalue weighted by Gasteiger charge is 2.34. The van der Waals surface area contributed by atoms with Crippen LogP contribution in [0.2, 0.25) is 0 Å². The Hall–Kier alpha value is -1.30. The molecule has 3 rings (SSSR count). The van der Waals surface area contributed by atoms with Crippen molar-refractivity contribution in [2.45, 2.75) is 102 Å². The predicted octanol–water partition coefficient (Wildman–Crippen LogP) is 3.12. The van der Waals surface area contributed by atoms with Crippen LogP contribution in [-0.2, 0) is 9.53 Å². The van der Waals surface area contributed by atoms with Crippen molar-refractivity contribution in [2.24, 2.45) is 10.9 Å². The highest BCUT2D eigenvalue weighted by Crippen LogP contribution is 2.31. The summed E-state index contributed by atoms with van der Waals surface area (Å²) in [6.07, 6.45) is 13.5. The van der Waals surface area contributed by atoms with Gasteiger partial charge >= 0.3 is 0 Å². The molecule has 3 saturated carbocycles. The fourth-order valence-electron chi connectivity index (χ4n) is 4.63. The molecule has 6 heteroatoms. The summed E-state index contributed by atoms with van der Waals surface area (Å²) in [4.78, 5) is 16.9. The largest absolute Gasteiger partial charge is 0.373 e. The van der Waals surface area contributed by atoms with E-state index in [4.69, 9.17) is 4.74 Å². The minimum Gasteiger partial charge on any atom is -0.373 e. The fraction of sp³-hybridized carbons (Fsp3) is 0.909. The maximum Gasteiger partial charge on any atom is 0.223 e. The number of hydrogen-bond donors (Lipinski definition) is 3. The first-order valence-electron chi connectivity index (χ1n) is 11.6. The third-order valence-electron chi connectivity index (χ3n) is 6.49. The number of carbonyl (C=O) groups excluding carboxylic acids is 1. The predicted molar refractivity (Wildman–Crippen MR) is 113 cm³/mol. The second-order valence-electron chi connectivity index (χ2n) is 9.01. The summed E-state index contributed by atoms with van der Waals surface area (Å²) in [5.41, 5.74) is -0.0505. The standard InChI is InChI=1S/C22H40N4O2/c1-3-14-28-22(12-5-4-6-13-22)16-24-21(23-2)26-19-9-7-8-17(15-19)20(27)25-18-10-11-18/h17-19H,3-16H2,1-2H3,(H,25,27)(H2,23,24,26). The topological polar surface area (TPSA) is 74.8 Å². The average molecular weight is 393 g/mol. The van der Waals surface area contributed by atoms with E-state index in [2.05, 4.69) is 27.9 Å². The van der Waals surface area contributed by atoms with Crippen LogP contribution in [0.4, 0.5) is 0 Å². The molecule has 1 amide bonds. The summed E-state index contributed by atoms with van der Waals surface area (Å²) < 4.78 is 6.30. The van der Waals surface area contributed by atoms with Crippen LogP contribution in [0.1, 0.15) is 84.0 Å². The molecular formula is C22H40N4O2. The second-order valence-corrected chi connectivity index (χ2v) is 9.01. The maximum absolute atomic E-state index is 12.4. The SMILES string of the molecule is CCCOC1(CNC(=NC)NC2CCCC(C(=O)NC3CC3)C2)CCCCC1. The van der Waals surface area contributed by atoms with Gasteiger partial charge in [0.05, 0.1) is 5.60 Å². The van der Waals surface area contributed by atoms with E-state index in [1.807, 2.05) is 7.05 Å². The first kappa shape index (κ1) is 21.4. The molecule has 0 radical (unpaired) electrons. The van der Waals surface area contributed by atoms with Crippen LogP contribution in [0, 0.1) is 5.92 Å². The normalized spacial score (nSPS) is 27.9. The lowest BCUT2D eigenvalue weighted by Gasteiger charge is -2.38. The molecule has 3 aliphatic rings. The van der Waals surface area contributed by atoms with Crippen LogP contribution in [0.25, 0.3) is 0 Å². The van der Waals surface area contributed by atoms with Crippen molar-refractivity contribution in [3.05, 3.63) is 0 Å². The van der Waals surface area contributed by atoms with E-state index in [9.17, 15) is 4.79 Å². The molecule has 6 nitrogen and oxygen atoms in total. The summed E-state index contributed by atoms with van der Waals surface area (Å²) in [7, 11) is 1.83. The van der Waals surface area contributed by atoms with Crippen molar-refractivity contribution in [3.63, 3.8) is 0 Å². The van der Waals surface area contributed by atoms with Crippen molar-refractivity contribution in [3.8, 4) is 0 Å². The zero-order valence-corrected chi connectivity index (χ0v) is 17.9. The molecule has 0 saturated heterocycles. The first-order chi connectivity index (χ1) is 13.6. The Bertz CT molecular complexity index is 527. The van der Waals surface area contributed by atoms with Gasteiger partial charge in [-0.25, -0.2) is 0 Å². The number of ether oxygens (including phenoxy) is 1. The van der Waals surface area contributed by atoms with Gasteiger partial charge in [0.2, 0.25) is 5.91 Å². The average Bonchev–Trinajstić information content (AvgIpc) is 3.54. The second kappa shape index (κ2) is 10.5. The number of aliphatic imine (C=N–C) groups is 1. The monoisotopic (exact) mass is 392 g/mol. The third-order valence-corrected chi connectivity index (χ3v) is 6.49. The quantitative estimate of drug-likeness (QED) is 0.438. The molecule has 160 valence electrons. The van der Waals surface area contributed by atoms with Crippen LogP contribution in [0.15, 0.2) is 4.99 Å². The molecule has 3 N–H and O–H groups in total. The van der Waals surface area contributed by atoms with Crippen LogP contribution in [-0.4, -0.2) is 49.8 Å². The van der Waals surface area contributed by atoms with Gasteiger partial charge in [0.1, 0.15) is 0 Å². The molecule has 0 heterocycles. The minimum atomic E-state index is -0.0505. The number of guanidine groups is 1. The van der Waals surface area contributed by atoms with Gasteiger partial charge in [-0.05, 0) is 51.4 Å². The Balaban J connectivity index is 1.48. The van der Waals surface area contributed by atoms with E-state index >= 15 is 0 Å². The minimum absolute atomic E-state index is 0.0505. The molecule has 2 unspecified atom stereocenters. The van der Waals surface area contributed by atoms with Gasteiger partial charge in [-0.1, -0.05) is 32.6 Å². The third kappa shape index (κ3) is 6.36. The molecule has 0 aliphatic heterocycles. The van der Waals surface area contributed by atoms with Gasteiger partial charge in [-0.15, -0.1) is 0 Å². The lowest BCUT2D eigenvalue weighted by atomic mass is 9.84. The van der Waals surface area contributed by atoms with Crippen molar-refractivity contribution >= 4 is 11.9 Å². The summed E-state index contributed by atoms with van der Waals surface area (Å²) >= 11 is 0. The molecule has 0 spiro atoms. The van der Waals surface area contributed by atoms with Crippen LogP contribution >= 0.6 is 0 Å². The summed E-state index contributed by atoms with van der Waals surface area (Å²) in [6.45, 7) is 3.81. The van der Waals surface area contributed by atoms with Gasteiger partial charge in [0.25, 0.3) is 0 Å². The number of nitrogens with one attached hydrogen (secondary N) is 3. The number of hydrogen-bond acceptors (Lipinski definition) is 3. The van der Waals surface area contributed by atoms with Gasteiger partial charge < -0.3 is 20.7 Å². The molecule has 2 atom stereocenters. The Morgan fingerprint density at radius 1 is 1.04 bits per heavy atom. The zero-order chi connectivity index (χ0) is 19.8. The number of amides is 1. The molecule has 28 heavy (non-hydrogen) atoms. The van der Waals surface area contributed by atoms with Gasteiger partial charge in [-0.3, -0.25) is 9.79 Å². The van der Waals surface area contributed by atoms with E-state index in [1.165, 1.54) is 19.3 Å². The van der Waals surface area contributed by atoms with E-state index in [1.54, 1.807) is 0 Å². The smallest absolute Gasteiger partial charge is 0.223 e. The summed E-state index contributed by atoms with van der Waals surface area (Å²) in [5.74, 6) is 1.24. The fourth-order valence-corrected chi connectivity index (χ4v) is 4.63. The Morgan fingerprint density at radius 3 is 2.50 bits per heavy atom. The zero-order valence-electron chi connectivity index (χ0n) is 17.9. The Labute approximate surface area is 170 Å². The first-order valence-corrected chi connectivity index (χ1v) is 11.6. The van der Waals surface area contributed by atoms with Crippen molar-refractivity contribution in [1.29, 1.82) is 0 Å². The van der Waals surface area contributed by atoms with E-state index in [0.717, 1.165) is 76.9 Å². The van der Waals surface area contributed by atoms with Crippen LogP contribution in [0.3, 0.4) is 0 Å². The van der Waals surface area contributed by atoms with E-state index < -0.39 is 0 Å². The van der Waals surface area contributed by atoms with Crippen LogP contribution in [0.5, 0.6) is 0 Å². The molecular weight excluding hydrogens is 352 g/mol. The van der Waals surface area contributed by atoms with Crippen molar-refractivity contribution in [1.82, 2.24) is 16.0 Å². The Kier molecular flexibility index (Phi) is 8.00. The van der Waals surface area contributed by atoms with Crippen molar-refractivity contribution < 1.29 is 9.53 Å². The molecule has 0 aromatic rings. The summed E-state index contributed by atoms with van der Waals surface area (Å²) in [5, 5.41) is 10.3. The Morgan fingerprint density at radius 2 is 1.82 bits per heavy atom. The number of carbonyl (C=O) groups is 1. The molecule has 3 fully saturated rings. The maximum atomic E-state index is 12.4. The van der Waals surface area contributed by atoms with E-state index in [0.29, 0.717) is 12.1 Å². The molecule has 0 aromatic heterocycles. The summed E-state index contributed by atoms with van der Waals surface area (Å²) in [6, 6.07) is 0.763. The van der Waals surface area contributed by atoms with Gasteiger partial charge in [0.15, 0.2) is 5.96 Å². The lowest BCUT2D eigenvalue weighted by Crippen LogP contribution is -2.52. The highest BCUT2D eigenvalue weighted by atomic mass is 16.5. The molecule has 3 aliphatic carbocycles. The number of nitrogens with zero attached hydrogens (tertiary/aromatic N) is 1.